The number of ether oxygens (including phenoxy) is 2. The smallest absolute Gasteiger partial charge is 0.429 e. The van der Waals surface area contributed by atoms with E-state index in [0.717, 1.165) is 0 Å². The van der Waals surface area contributed by atoms with Crippen molar-refractivity contribution < 1.29 is 32.5 Å². The van der Waals surface area contributed by atoms with Crippen molar-refractivity contribution in [3.05, 3.63) is 59.1 Å². The Bertz CT molecular complexity index is 1500. The van der Waals surface area contributed by atoms with Crippen molar-refractivity contribution in [1.29, 1.82) is 0 Å². The minimum atomic E-state index is -4.82. The van der Waals surface area contributed by atoms with Gasteiger partial charge in [-0.1, -0.05) is 43.6 Å². The molecule has 0 radical (unpaired) electrons. The normalized spacial score (nSPS) is 18.9. The fourth-order valence-corrected chi connectivity index (χ4v) is 5.96. The molecular formula is C31H35ClF3N5O4. The lowest BCUT2D eigenvalue weighted by molar-refractivity contribution is -0.198. The van der Waals surface area contributed by atoms with Crippen molar-refractivity contribution in [1.82, 2.24) is 15.3 Å². The number of hydrogen-bond acceptors (Lipinski definition) is 8. The molecule has 13 heteroatoms. The Morgan fingerprint density at radius 3 is 2.59 bits per heavy atom. The quantitative estimate of drug-likeness (QED) is 0.255. The first-order valence-electron chi connectivity index (χ1n) is 14.4. The van der Waals surface area contributed by atoms with Gasteiger partial charge in [0.15, 0.2) is 0 Å². The van der Waals surface area contributed by atoms with E-state index in [-0.39, 0.29) is 39.3 Å². The predicted octanol–water partition coefficient (Wildman–Crippen LogP) is 6.13. The van der Waals surface area contributed by atoms with Gasteiger partial charge in [-0.15, -0.1) is 0 Å². The second kappa shape index (κ2) is 12.7. The number of alkyl halides is 3. The summed E-state index contributed by atoms with van der Waals surface area (Å²) in [7, 11) is 0. The molecule has 2 aliphatic heterocycles. The van der Waals surface area contributed by atoms with Crippen LogP contribution in [0.3, 0.4) is 0 Å². The number of carbonyl (C=O) groups is 1. The Morgan fingerprint density at radius 1 is 1.18 bits per heavy atom. The summed E-state index contributed by atoms with van der Waals surface area (Å²) in [6, 6.07) is 11.7. The number of carboxylic acids is 1. The van der Waals surface area contributed by atoms with Gasteiger partial charge in [0, 0.05) is 36.3 Å². The number of hydrogen-bond donors (Lipinski definition) is 3. The first kappa shape index (κ1) is 31.6. The SMILES string of the molecule is CC(C)COc1cccc(-c2cc(Cl)ccc2C(Oc2cc(N3CCC4(CC3)CN[C@H](C(=O)O)C4)nc(N)n2)C(F)(F)F)c1. The van der Waals surface area contributed by atoms with Crippen molar-refractivity contribution in [2.75, 3.05) is 36.9 Å². The third kappa shape index (κ3) is 7.29. The van der Waals surface area contributed by atoms with Gasteiger partial charge >= 0.3 is 12.1 Å². The molecule has 3 aromatic rings. The van der Waals surface area contributed by atoms with Gasteiger partial charge in [0.2, 0.25) is 17.9 Å². The maximum Gasteiger partial charge on any atom is 0.429 e. The first-order chi connectivity index (χ1) is 20.8. The number of anilines is 2. The van der Waals surface area contributed by atoms with Gasteiger partial charge in [-0.3, -0.25) is 4.79 Å². The highest BCUT2D eigenvalue weighted by Crippen LogP contribution is 2.44. The van der Waals surface area contributed by atoms with Gasteiger partial charge in [-0.05, 0) is 66.0 Å². The Labute approximate surface area is 258 Å². The summed E-state index contributed by atoms with van der Waals surface area (Å²) in [5.41, 5.74) is 6.37. The molecule has 4 N–H and O–H groups in total. The lowest BCUT2D eigenvalue weighted by atomic mass is 9.76. The molecule has 0 aliphatic carbocycles. The van der Waals surface area contributed by atoms with Crippen molar-refractivity contribution in [2.45, 2.75) is 51.4 Å². The first-order valence-corrected chi connectivity index (χ1v) is 14.8. The lowest BCUT2D eigenvalue weighted by Gasteiger charge is -2.39. The van der Waals surface area contributed by atoms with Gasteiger partial charge < -0.3 is 30.5 Å². The second-order valence-corrected chi connectivity index (χ2v) is 12.3. The van der Waals surface area contributed by atoms with Crippen LogP contribution in [0.5, 0.6) is 11.6 Å². The summed E-state index contributed by atoms with van der Waals surface area (Å²) >= 11 is 6.26. The van der Waals surface area contributed by atoms with Crippen LogP contribution in [0.1, 0.15) is 44.8 Å². The average molecular weight is 634 g/mol. The maximum atomic E-state index is 14.7. The second-order valence-electron chi connectivity index (χ2n) is 11.9. The molecule has 9 nitrogen and oxygen atoms in total. The number of halogens is 4. The van der Waals surface area contributed by atoms with Gasteiger partial charge in [0.25, 0.3) is 0 Å². The van der Waals surface area contributed by atoms with Crippen molar-refractivity contribution in [3.8, 4) is 22.8 Å². The van der Waals surface area contributed by atoms with Crippen molar-refractivity contribution in [3.63, 3.8) is 0 Å². The molecule has 1 spiro atoms. The number of aromatic nitrogens is 2. The molecule has 2 aliphatic rings. The zero-order valence-corrected chi connectivity index (χ0v) is 25.2. The largest absolute Gasteiger partial charge is 0.493 e. The van der Waals surface area contributed by atoms with Crippen LogP contribution in [0.2, 0.25) is 5.02 Å². The minimum absolute atomic E-state index is 0.150. The van der Waals surface area contributed by atoms with Gasteiger partial charge in [0.05, 0.1) is 6.61 Å². The standard InChI is InChI=1S/C31H35ClF3N5O4/c1-18(2)16-43-21-5-3-4-19(12-21)23-13-20(32)6-7-22(23)27(31(33,34)35)44-26-14-25(38-29(36)39-26)40-10-8-30(9-11-40)15-24(28(41)42)37-17-30/h3-7,12-14,18,24,27,37H,8-11,15-17H2,1-2H3,(H,41,42)(H2,36,38,39)/t24-,27?/m0/s1. The monoisotopic (exact) mass is 633 g/mol. The van der Waals surface area contributed by atoms with E-state index < -0.39 is 24.3 Å². The lowest BCUT2D eigenvalue weighted by Crippen LogP contribution is -2.41. The number of nitrogens with zero attached hydrogens (tertiary/aromatic N) is 3. The molecule has 44 heavy (non-hydrogen) atoms. The van der Waals surface area contributed by atoms with E-state index in [0.29, 0.717) is 62.6 Å². The molecule has 0 saturated carbocycles. The van der Waals surface area contributed by atoms with Crippen molar-refractivity contribution in [2.24, 2.45) is 11.3 Å². The molecule has 2 fully saturated rings. The molecule has 2 atom stereocenters. The summed E-state index contributed by atoms with van der Waals surface area (Å²) in [5.74, 6) is -0.282. The number of benzene rings is 2. The third-order valence-corrected chi connectivity index (χ3v) is 8.31. The fourth-order valence-electron chi connectivity index (χ4n) is 5.79. The third-order valence-electron chi connectivity index (χ3n) is 8.08. The van der Waals surface area contributed by atoms with Crippen LogP contribution in [0.15, 0.2) is 48.5 Å². The molecule has 1 aromatic heterocycles. The molecule has 2 aromatic carbocycles. The number of piperidine rings is 1. The fraction of sp³-hybridized carbons (Fsp3) is 0.452. The highest BCUT2D eigenvalue weighted by Gasteiger charge is 2.46. The summed E-state index contributed by atoms with van der Waals surface area (Å²) in [4.78, 5) is 21.6. The Kier molecular flexibility index (Phi) is 9.12. The minimum Gasteiger partial charge on any atom is -0.493 e. The van der Waals surface area contributed by atoms with E-state index in [4.69, 9.17) is 26.8 Å². The Morgan fingerprint density at radius 2 is 1.93 bits per heavy atom. The summed E-state index contributed by atoms with van der Waals surface area (Å²) in [6.45, 7) is 6.12. The topological polar surface area (TPSA) is 123 Å². The number of nitrogens with two attached hydrogens (primary N) is 1. The highest BCUT2D eigenvalue weighted by molar-refractivity contribution is 6.30. The summed E-state index contributed by atoms with van der Waals surface area (Å²) in [5, 5.41) is 12.7. The van der Waals surface area contributed by atoms with Crippen molar-refractivity contribution >= 4 is 29.3 Å². The van der Waals surface area contributed by atoms with Gasteiger partial charge in [-0.25, -0.2) is 0 Å². The number of nitrogens with one attached hydrogen (secondary N) is 1. The number of nitrogen functional groups attached to an aromatic ring is 1. The number of aliphatic carboxylic acids is 1. The average Bonchev–Trinajstić information content (AvgIpc) is 3.38. The van der Waals surface area contributed by atoms with Crippen LogP contribution in [0, 0.1) is 11.3 Å². The van der Waals surface area contributed by atoms with Crippen LogP contribution >= 0.6 is 11.6 Å². The summed E-state index contributed by atoms with van der Waals surface area (Å²) in [6.07, 6.45) is -5.28. The van der Waals surface area contributed by atoms with Crippen LogP contribution in [-0.4, -0.2) is 59.5 Å². The molecule has 1 unspecified atom stereocenters. The molecule has 2 saturated heterocycles. The van der Waals surface area contributed by atoms with Crippen LogP contribution < -0.4 is 25.4 Å². The maximum absolute atomic E-state index is 14.7. The Balaban J connectivity index is 1.41. The molecule has 3 heterocycles. The zero-order chi connectivity index (χ0) is 31.6. The van der Waals surface area contributed by atoms with E-state index in [1.54, 1.807) is 24.3 Å². The van der Waals surface area contributed by atoms with E-state index in [9.17, 15) is 23.1 Å². The molecule has 5 rings (SSSR count). The summed E-state index contributed by atoms with van der Waals surface area (Å²) < 4.78 is 55.4. The van der Waals surface area contributed by atoms with E-state index in [2.05, 4.69) is 15.3 Å². The highest BCUT2D eigenvalue weighted by atomic mass is 35.5. The van der Waals surface area contributed by atoms with E-state index in [1.165, 1.54) is 24.3 Å². The zero-order valence-electron chi connectivity index (χ0n) is 24.4. The molecule has 0 bridgehead atoms. The number of carboxylic acid groups (broad SMARTS) is 1. The van der Waals surface area contributed by atoms with Crippen LogP contribution in [0.25, 0.3) is 11.1 Å². The predicted molar refractivity (Wildman–Crippen MR) is 161 cm³/mol. The molecular weight excluding hydrogens is 599 g/mol. The Hall–Kier alpha value is -3.77. The van der Waals surface area contributed by atoms with Gasteiger partial charge in [-0.2, -0.15) is 23.1 Å². The molecule has 0 amide bonds. The van der Waals surface area contributed by atoms with Gasteiger partial charge in [0.1, 0.15) is 17.6 Å². The molecule has 236 valence electrons. The van der Waals surface area contributed by atoms with E-state index in [1.807, 2.05) is 18.7 Å². The van der Waals surface area contributed by atoms with Crippen LogP contribution in [-0.2, 0) is 4.79 Å². The van der Waals surface area contributed by atoms with Crippen LogP contribution in [0.4, 0.5) is 24.9 Å². The van der Waals surface area contributed by atoms with E-state index >= 15 is 0 Å². The number of rotatable bonds is 9.